The van der Waals surface area contributed by atoms with Gasteiger partial charge in [-0.1, -0.05) is 59.0 Å². The highest BCUT2D eigenvalue weighted by atomic mass is 35.5. The van der Waals surface area contributed by atoms with Gasteiger partial charge >= 0.3 is 0 Å². The van der Waals surface area contributed by atoms with Gasteiger partial charge in [0.15, 0.2) is 0 Å². The lowest BCUT2D eigenvalue weighted by Gasteiger charge is -2.08. The Hall–Kier alpha value is -2.30. The summed E-state index contributed by atoms with van der Waals surface area (Å²) in [4.78, 5) is 12.9. The number of halogens is 2. The second kappa shape index (κ2) is 7.30. The van der Waals surface area contributed by atoms with E-state index in [0.717, 1.165) is 5.56 Å². The number of nitrogens with one attached hydrogen (secondary N) is 1. The molecular formula is C19H16Cl2N2O2. The van der Waals surface area contributed by atoms with Gasteiger partial charge in [-0.05, 0) is 31.2 Å². The highest BCUT2D eigenvalue weighted by Crippen LogP contribution is 2.37. The van der Waals surface area contributed by atoms with Gasteiger partial charge in [-0.2, -0.15) is 0 Å². The molecule has 0 aliphatic rings. The Morgan fingerprint density at radius 1 is 1.12 bits per heavy atom. The van der Waals surface area contributed by atoms with E-state index in [9.17, 15) is 4.79 Å². The Balaban J connectivity index is 2.04. The lowest BCUT2D eigenvalue weighted by molar-refractivity contribution is 0.102. The maximum Gasteiger partial charge on any atom is 0.261 e. The Morgan fingerprint density at radius 2 is 1.76 bits per heavy atom. The quantitative estimate of drug-likeness (QED) is 0.630. The average Bonchev–Trinajstić information content (AvgIpc) is 3.00. The van der Waals surface area contributed by atoms with Crippen LogP contribution in [-0.4, -0.2) is 11.1 Å². The van der Waals surface area contributed by atoms with Gasteiger partial charge in [0, 0.05) is 17.7 Å². The van der Waals surface area contributed by atoms with E-state index in [1.807, 2.05) is 38.1 Å². The van der Waals surface area contributed by atoms with Crippen LogP contribution in [-0.2, 0) is 6.42 Å². The summed E-state index contributed by atoms with van der Waals surface area (Å²) in [5.41, 5.74) is 2.98. The van der Waals surface area contributed by atoms with E-state index in [2.05, 4.69) is 10.5 Å². The van der Waals surface area contributed by atoms with Crippen LogP contribution in [0.25, 0.3) is 11.3 Å². The van der Waals surface area contributed by atoms with Crippen LogP contribution in [0.15, 0.2) is 47.0 Å². The highest BCUT2D eigenvalue weighted by molar-refractivity contribution is 6.39. The van der Waals surface area contributed by atoms with Crippen molar-refractivity contribution in [2.24, 2.45) is 0 Å². The van der Waals surface area contributed by atoms with Crippen LogP contribution in [0, 0.1) is 6.92 Å². The fraction of sp³-hybridized carbons (Fsp3) is 0.158. The molecule has 1 heterocycles. The molecule has 128 valence electrons. The molecule has 1 amide bonds. The minimum absolute atomic E-state index is 0.312. The summed E-state index contributed by atoms with van der Waals surface area (Å²) in [6, 6.07) is 12.7. The standard InChI is InChI=1S/C19H16Cl2N2O2/c1-3-15-17(19(24)22-12-9-7-11(2)8-10-12)18(23-25-15)16-13(20)5-4-6-14(16)21/h4-10H,3H2,1-2H3,(H,22,24). The summed E-state index contributed by atoms with van der Waals surface area (Å²) in [5, 5.41) is 7.74. The minimum atomic E-state index is -0.312. The van der Waals surface area contributed by atoms with E-state index < -0.39 is 0 Å². The van der Waals surface area contributed by atoms with Crippen LogP contribution in [0.4, 0.5) is 5.69 Å². The van der Waals surface area contributed by atoms with Crippen molar-refractivity contribution in [2.75, 3.05) is 5.32 Å². The largest absolute Gasteiger partial charge is 0.360 e. The third-order valence-corrected chi connectivity index (χ3v) is 4.45. The van der Waals surface area contributed by atoms with Crippen LogP contribution in [0.3, 0.4) is 0 Å². The van der Waals surface area contributed by atoms with Crippen LogP contribution in [0.1, 0.15) is 28.6 Å². The van der Waals surface area contributed by atoms with E-state index >= 15 is 0 Å². The second-order valence-electron chi connectivity index (χ2n) is 5.60. The molecule has 0 bridgehead atoms. The minimum Gasteiger partial charge on any atom is -0.360 e. The molecule has 25 heavy (non-hydrogen) atoms. The molecule has 0 spiro atoms. The maximum atomic E-state index is 12.9. The van der Waals surface area contributed by atoms with Crippen molar-refractivity contribution in [3.63, 3.8) is 0 Å². The summed E-state index contributed by atoms with van der Waals surface area (Å²) >= 11 is 12.5. The monoisotopic (exact) mass is 374 g/mol. The first kappa shape index (κ1) is 17.5. The zero-order valence-corrected chi connectivity index (χ0v) is 15.3. The number of carbonyl (C=O) groups excluding carboxylic acids is 1. The summed E-state index contributed by atoms with van der Waals surface area (Å²) in [5.74, 6) is 0.170. The van der Waals surface area contributed by atoms with Gasteiger partial charge in [-0.3, -0.25) is 4.79 Å². The molecule has 0 radical (unpaired) electrons. The molecule has 0 atom stereocenters. The molecule has 0 saturated heterocycles. The SMILES string of the molecule is CCc1onc(-c2c(Cl)cccc2Cl)c1C(=O)Nc1ccc(C)cc1. The van der Waals surface area contributed by atoms with Gasteiger partial charge < -0.3 is 9.84 Å². The predicted molar refractivity (Wildman–Crippen MR) is 100 cm³/mol. The molecule has 3 aromatic rings. The van der Waals surface area contributed by atoms with Crippen molar-refractivity contribution in [3.8, 4) is 11.3 Å². The first-order chi connectivity index (χ1) is 12.0. The molecule has 0 aliphatic carbocycles. The Labute approximate surface area is 155 Å². The molecular weight excluding hydrogens is 359 g/mol. The van der Waals surface area contributed by atoms with Crippen molar-refractivity contribution in [1.29, 1.82) is 0 Å². The van der Waals surface area contributed by atoms with Crippen molar-refractivity contribution >= 4 is 34.8 Å². The number of hydrogen-bond donors (Lipinski definition) is 1. The van der Waals surface area contributed by atoms with E-state index in [0.29, 0.717) is 44.7 Å². The molecule has 0 fully saturated rings. The number of aryl methyl sites for hydroxylation is 2. The maximum absolute atomic E-state index is 12.9. The van der Waals surface area contributed by atoms with Crippen molar-refractivity contribution in [3.05, 3.63) is 69.4 Å². The van der Waals surface area contributed by atoms with Crippen LogP contribution >= 0.6 is 23.2 Å². The van der Waals surface area contributed by atoms with E-state index in [1.54, 1.807) is 18.2 Å². The van der Waals surface area contributed by atoms with Gasteiger partial charge in [-0.15, -0.1) is 0 Å². The molecule has 3 rings (SSSR count). The molecule has 6 heteroatoms. The molecule has 1 aromatic heterocycles. The van der Waals surface area contributed by atoms with Crippen molar-refractivity contribution in [1.82, 2.24) is 5.16 Å². The first-order valence-electron chi connectivity index (χ1n) is 7.82. The third-order valence-electron chi connectivity index (χ3n) is 3.82. The van der Waals surface area contributed by atoms with E-state index in [-0.39, 0.29) is 5.91 Å². The van der Waals surface area contributed by atoms with Crippen molar-refractivity contribution < 1.29 is 9.32 Å². The lowest BCUT2D eigenvalue weighted by atomic mass is 10.0. The lowest BCUT2D eigenvalue weighted by Crippen LogP contribution is -2.14. The number of carbonyl (C=O) groups is 1. The number of benzene rings is 2. The van der Waals surface area contributed by atoms with E-state index in [4.69, 9.17) is 27.7 Å². The Kier molecular flexibility index (Phi) is 5.11. The smallest absolute Gasteiger partial charge is 0.261 e. The molecule has 0 unspecified atom stereocenters. The summed E-state index contributed by atoms with van der Waals surface area (Å²) < 4.78 is 5.36. The zero-order valence-electron chi connectivity index (χ0n) is 13.8. The molecule has 1 N–H and O–H groups in total. The molecule has 0 saturated carbocycles. The summed E-state index contributed by atoms with van der Waals surface area (Å²) in [7, 11) is 0. The zero-order chi connectivity index (χ0) is 18.0. The fourth-order valence-electron chi connectivity index (χ4n) is 2.52. The van der Waals surface area contributed by atoms with Gasteiger partial charge in [0.1, 0.15) is 17.0 Å². The Bertz CT molecular complexity index is 897. The number of hydrogen-bond acceptors (Lipinski definition) is 3. The van der Waals surface area contributed by atoms with Crippen LogP contribution in [0.2, 0.25) is 10.0 Å². The number of anilines is 1. The summed E-state index contributed by atoms with van der Waals surface area (Å²) in [6.07, 6.45) is 0.520. The number of nitrogens with zero attached hydrogens (tertiary/aromatic N) is 1. The molecule has 0 aliphatic heterocycles. The first-order valence-corrected chi connectivity index (χ1v) is 8.57. The van der Waals surface area contributed by atoms with Gasteiger partial charge in [0.2, 0.25) is 0 Å². The number of aromatic nitrogens is 1. The van der Waals surface area contributed by atoms with Crippen molar-refractivity contribution in [2.45, 2.75) is 20.3 Å². The topological polar surface area (TPSA) is 55.1 Å². The fourth-order valence-corrected chi connectivity index (χ4v) is 3.10. The summed E-state index contributed by atoms with van der Waals surface area (Å²) in [6.45, 7) is 3.87. The molecule has 4 nitrogen and oxygen atoms in total. The van der Waals surface area contributed by atoms with Gasteiger partial charge in [0.25, 0.3) is 5.91 Å². The van der Waals surface area contributed by atoms with Gasteiger partial charge in [-0.25, -0.2) is 0 Å². The van der Waals surface area contributed by atoms with Crippen LogP contribution in [0.5, 0.6) is 0 Å². The Morgan fingerprint density at radius 3 is 2.36 bits per heavy atom. The van der Waals surface area contributed by atoms with Gasteiger partial charge in [0.05, 0.1) is 10.0 Å². The normalized spacial score (nSPS) is 10.7. The molecule has 2 aromatic carbocycles. The third kappa shape index (κ3) is 3.55. The average molecular weight is 375 g/mol. The number of amides is 1. The second-order valence-corrected chi connectivity index (χ2v) is 6.41. The number of rotatable bonds is 4. The van der Waals surface area contributed by atoms with Crippen LogP contribution < -0.4 is 5.32 Å². The highest BCUT2D eigenvalue weighted by Gasteiger charge is 2.26. The van der Waals surface area contributed by atoms with E-state index in [1.165, 1.54) is 0 Å². The predicted octanol–water partition coefficient (Wildman–Crippen LogP) is 5.77.